The molecule has 17 heavy (non-hydrogen) atoms. The van der Waals surface area contributed by atoms with Crippen molar-refractivity contribution in [1.82, 2.24) is 10.2 Å². The highest BCUT2D eigenvalue weighted by Gasteiger charge is 2.32. The summed E-state index contributed by atoms with van der Waals surface area (Å²) in [5.74, 6) is -0.187. The lowest BCUT2D eigenvalue weighted by Crippen LogP contribution is -2.55. The molecule has 0 aromatic carbocycles. The molecule has 0 radical (unpaired) electrons. The molecule has 0 spiro atoms. The molecule has 0 amide bonds. The van der Waals surface area contributed by atoms with Gasteiger partial charge in [-0.05, 0) is 52.7 Å². The molecular weight excluding hydrogens is 216 g/mol. The van der Waals surface area contributed by atoms with E-state index in [2.05, 4.69) is 17.1 Å². The van der Waals surface area contributed by atoms with Crippen molar-refractivity contribution in [2.45, 2.75) is 51.6 Å². The number of likely N-dealkylation sites (tertiary alicyclic amines) is 1. The Hall–Kier alpha value is -0.610. The first kappa shape index (κ1) is 14.5. The van der Waals surface area contributed by atoms with Crippen LogP contribution in [0.15, 0.2) is 0 Å². The van der Waals surface area contributed by atoms with Gasteiger partial charge >= 0.3 is 5.97 Å². The van der Waals surface area contributed by atoms with Gasteiger partial charge in [-0.25, -0.2) is 0 Å². The summed E-state index contributed by atoms with van der Waals surface area (Å²) in [6.07, 6.45) is 3.44. The molecular formula is C13H26N2O2. The Labute approximate surface area is 105 Å². The fourth-order valence-electron chi connectivity index (χ4n) is 2.44. The standard InChI is InChI=1S/C13H26N2O2/c1-5-8-15-9-6-11(7-10-15)14-13(2,3)12(16)17-4/h11,14H,5-10H2,1-4H3. The Balaban J connectivity index is 2.37. The zero-order valence-corrected chi connectivity index (χ0v) is 11.6. The van der Waals surface area contributed by atoms with Crippen molar-refractivity contribution in [3.8, 4) is 0 Å². The Morgan fingerprint density at radius 1 is 1.41 bits per heavy atom. The van der Waals surface area contributed by atoms with Crippen LogP contribution in [0.5, 0.6) is 0 Å². The average Bonchev–Trinajstić information content (AvgIpc) is 2.30. The van der Waals surface area contributed by atoms with E-state index < -0.39 is 5.54 Å². The summed E-state index contributed by atoms with van der Waals surface area (Å²) >= 11 is 0. The zero-order chi connectivity index (χ0) is 12.9. The molecule has 4 heteroatoms. The van der Waals surface area contributed by atoms with Gasteiger partial charge in [-0.15, -0.1) is 0 Å². The number of piperidine rings is 1. The predicted octanol–water partition coefficient (Wildman–Crippen LogP) is 1.40. The number of nitrogens with one attached hydrogen (secondary N) is 1. The molecule has 0 unspecified atom stereocenters. The minimum Gasteiger partial charge on any atom is -0.468 e. The molecule has 1 rings (SSSR count). The molecule has 1 aliphatic heterocycles. The SMILES string of the molecule is CCCN1CCC(NC(C)(C)C(=O)OC)CC1. The van der Waals surface area contributed by atoms with E-state index in [-0.39, 0.29) is 5.97 Å². The maximum absolute atomic E-state index is 11.6. The van der Waals surface area contributed by atoms with Crippen molar-refractivity contribution in [1.29, 1.82) is 0 Å². The van der Waals surface area contributed by atoms with Crippen LogP contribution in [-0.2, 0) is 9.53 Å². The minimum atomic E-state index is -0.577. The van der Waals surface area contributed by atoms with Crippen molar-refractivity contribution in [3.05, 3.63) is 0 Å². The van der Waals surface area contributed by atoms with Gasteiger partial charge in [-0.2, -0.15) is 0 Å². The van der Waals surface area contributed by atoms with E-state index in [0.29, 0.717) is 6.04 Å². The van der Waals surface area contributed by atoms with Crippen molar-refractivity contribution < 1.29 is 9.53 Å². The van der Waals surface area contributed by atoms with E-state index in [1.807, 2.05) is 13.8 Å². The largest absolute Gasteiger partial charge is 0.468 e. The van der Waals surface area contributed by atoms with Crippen molar-refractivity contribution in [2.24, 2.45) is 0 Å². The molecule has 0 bridgehead atoms. The van der Waals surface area contributed by atoms with Gasteiger partial charge in [-0.1, -0.05) is 6.92 Å². The highest BCUT2D eigenvalue weighted by atomic mass is 16.5. The van der Waals surface area contributed by atoms with Gasteiger partial charge in [-0.3, -0.25) is 10.1 Å². The molecule has 100 valence electrons. The number of ether oxygens (including phenoxy) is 1. The summed E-state index contributed by atoms with van der Waals surface area (Å²) < 4.78 is 4.80. The Morgan fingerprint density at radius 3 is 2.47 bits per heavy atom. The van der Waals surface area contributed by atoms with Crippen molar-refractivity contribution in [3.63, 3.8) is 0 Å². The summed E-state index contributed by atoms with van der Waals surface area (Å²) in [5, 5.41) is 3.41. The number of esters is 1. The van der Waals surface area contributed by atoms with E-state index in [0.717, 1.165) is 25.9 Å². The maximum Gasteiger partial charge on any atom is 0.325 e. The molecule has 0 aromatic rings. The summed E-state index contributed by atoms with van der Waals surface area (Å²) in [7, 11) is 1.44. The second-order valence-electron chi connectivity index (χ2n) is 5.38. The summed E-state index contributed by atoms with van der Waals surface area (Å²) in [6.45, 7) is 9.43. The summed E-state index contributed by atoms with van der Waals surface area (Å²) in [4.78, 5) is 14.1. The Morgan fingerprint density at radius 2 is 2.00 bits per heavy atom. The highest BCUT2D eigenvalue weighted by molar-refractivity contribution is 5.79. The Kier molecular flexibility index (Phi) is 5.40. The smallest absolute Gasteiger partial charge is 0.325 e. The first-order valence-corrected chi connectivity index (χ1v) is 6.58. The van der Waals surface area contributed by atoms with E-state index in [4.69, 9.17) is 4.74 Å². The second-order valence-corrected chi connectivity index (χ2v) is 5.38. The van der Waals surface area contributed by atoms with Crippen LogP contribution in [0, 0.1) is 0 Å². The molecule has 0 aromatic heterocycles. The summed E-state index contributed by atoms with van der Waals surface area (Å²) in [5.41, 5.74) is -0.577. The van der Waals surface area contributed by atoms with Crippen LogP contribution in [-0.4, -0.2) is 49.2 Å². The fourth-order valence-corrected chi connectivity index (χ4v) is 2.44. The molecule has 0 saturated carbocycles. The third-order valence-electron chi connectivity index (χ3n) is 3.39. The predicted molar refractivity (Wildman–Crippen MR) is 69.0 cm³/mol. The van der Waals surface area contributed by atoms with Crippen LogP contribution in [0.2, 0.25) is 0 Å². The second kappa shape index (κ2) is 6.36. The molecule has 0 atom stereocenters. The lowest BCUT2D eigenvalue weighted by Gasteiger charge is -2.36. The normalized spacial score (nSPS) is 19.3. The minimum absolute atomic E-state index is 0.187. The average molecular weight is 242 g/mol. The number of hydrogen-bond donors (Lipinski definition) is 1. The van der Waals surface area contributed by atoms with Gasteiger partial charge in [0.15, 0.2) is 0 Å². The maximum atomic E-state index is 11.6. The van der Waals surface area contributed by atoms with Crippen LogP contribution in [0.3, 0.4) is 0 Å². The van der Waals surface area contributed by atoms with Gasteiger partial charge in [0.1, 0.15) is 5.54 Å². The zero-order valence-electron chi connectivity index (χ0n) is 11.6. The van der Waals surface area contributed by atoms with Crippen LogP contribution in [0.4, 0.5) is 0 Å². The number of nitrogens with zero attached hydrogens (tertiary/aromatic N) is 1. The van der Waals surface area contributed by atoms with E-state index >= 15 is 0 Å². The third-order valence-corrected chi connectivity index (χ3v) is 3.39. The number of hydrogen-bond acceptors (Lipinski definition) is 4. The molecule has 1 fully saturated rings. The first-order chi connectivity index (χ1) is 7.99. The number of methoxy groups -OCH3 is 1. The lowest BCUT2D eigenvalue weighted by atomic mass is 9.98. The monoisotopic (exact) mass is 242 g/mol. The van der Waals surface area contributed by atoms with E-state index in [1.54, 1.807) is 0 Å². The van der Waals surface area contributed by atoms with Crippen molar-refractivity contribution >= 4 is 5.97 Å². The van der Waals surface area contributed by atoms with E-state index in [1.165, 1.54) is 20.1 Å². The van der Waals surface area contributed by atoms with Gasteiger partial charge in [0, 0.05) is 6.04 Å². The number of carbonyl (C=O) groups is 1. The topological polar surface area (TPSA) is 41.6 Å². The van der Waals surface area contributed by atoms with Crippen LogP contribution in [0.1, 0.15) is 40.0 Å². The van der Waals surface area contributed by atoms with Crippen LogP contribution < -0.4 is 5.32 Å². The highest BCUT2D eigenvalue weighted by Crippen LogP contribution is 2.15. The number of rotatable bonds is 5. The van der Waals surface area contributed by atoms with Gasteiger partial charge in [0.25, 0.3) is 0 Å². The van der Waals surface area contributed by atoms with Gasteiger partial charge < -0.3 is 9.64 Å². The quantitative estimate of drug-likeness (QED) is 0.740. The van der Waals surface area contributed by atoms with Crippen LogP contribution >= 0.6 is 0 Å². The fraction of sp³-hybridized carbons (Fsp3) is 0.923. The molecule has 0 aliphatic carbocycles. The molecule has 1 saturated heterocycles. The van der Waals surface area contributed by atoms with Crippen molar-refractivity contribution in [2.75, 3.05) is 26.7 Å². The first-order valence-electron chi connectivity index (χ1n) is 6.58. The molecule has 1 N–H and O–H groups in total. The Bertz CT molecular complexity index is 246. The number of carbonyl (C=O) groups excluding carboxylic acids is 1. The third kappa shape index (κ3) is 4.28. The van der Waals surface area contributed by atoms with E-state index in [9.17, 15) is 4.79 Å². The lowest BCUT2D eigenvalue weighted by molar-refractivity contribution is -0.147. The molecule has 4 nitrogen and oxygen atoms in total. The molecule has 1 aliphatic rings. The summed E-state index contributed by atoms with van der Waals surface area (Å²) in [6, 6.07) is 0.428. The van der Waals surface area contributed by atoms with Crippen LogP contribution in [0.25, 0.3) is 0 Å². The van der Waals surface area contributed by atoms with Gasteiger partial charge in [0.05, 0.1) is 7.11 Å². The molecule has 1 heterocycles. The van der Waals surface area contributed by atoms with Gasteiger partial charge in [0.2, 0.25) is 0 Å².